The Bertz CT molecular complexity index is 800. The van der Waals surface area contributed by atoms with Gasteiger partial charge in [-0.1, -0.05) is 44.4 Å². The van der Waals surface area contributed by atoms with Gasteiger partial charge in [-0.05, 0) is 78.5 Å². The van der Waals surface area contributed by atoms with Crippen molar-refractivity contribution in [1.29, 1.82) is 0 Å². The highest BCUT2D eigenvalue weighted by Crippen LogP contribution is 2.34. The highest BCUT2D eigenvalue weighted by Gasteiger charge is 2.13. The minimum atomic E-state index is -2.99. The first-order valence-corrected chi connectivity index (χ1v) is 11.2. The monoisotopic (exact) mass is 376 g/mol. The molecule has 0 aliphatic carbocycles. The molecule has 2 aromatic rings. The van der Waals surface area contributed by atoms with E-state index in [1.807, 2.05) is 12.1 Å². The predicted octanol–water partition coefficient (Wildman–Crippen LogP) is 5.35. The van der Waals surface area contributed by atoms with Crippen molar-refractivity contribution in [2.45, 2.75) is 52.9 Å². The second kappa shape index (κ2) is 8.52. The molecular weight excluding hydrogens is 346 g/mol. The van der Waals surface area contributed by atoms with E-state index < -0.39 is 7.34 Å². The van der Waals surface area contributed by atoms with Crippen LogP contribution in [0.15, 0.2) is 30.3 Å². The number of hydrogen-bond acceptors (Lipinski definition) is 2. The molecule has 0 radical (unpaired) electrons. The topological polar surface area (TPSA) is 40.5 Å². The van der Waals surface area contributed by atoms with E-state index in [-0.39, 0.29) is 11.7 Å². The molecule has 0 amide bonds. The summed E-state index contributed by atoms with van der Waals surface area (Å²) in [4.78, 5) is 19.0. The van der Waals surface area contributed by atoms with Gasteiger partial charge in [-0.3, -0.25) is 0 Å². The third kappa shape index (κ3) is 5.54. The van der Waals surface area contributed by atoms with Gasteiger partial charge >= 0.3 is 0 Å². The second-order valence-electron chi connectivity index (χ2n) is 7.40. The van der Waals surface area contributed by atoms with Crippen molar-refractivity contribution in [2.75, 3.05) is 6.16 Å². The van der Waals surface area contributed by atoms with Crippen molar-refractivity contribution >= 4 is 13.6 Å². The van der Waals surface area contributed by atoms with Crippen LogP contribution in [0.4, 0.5) is 4.39 Å². The van der Waals surface area contributed by atoms with Crippen molar-refractivity contribution in [1.82, 2.24) is 0 Å². The fourth-order valence-electron chi connectivity index (χ4n) is 3.32. The summed E-state index contributed by atoms with van der Waals surface area (Å²) < 4.78 is 14.1. The van der Waals surface area contributed by atoms with Crippen LogP contribution >= 0.6 is 7.34 Å². The molecule has 0 aromatic heterocycles. The van der Waals surface area contributed by atoms with Gasteiger partial charge in [0.1, 0.15) is 13.2 Å². The molecule has 0 saturated carbocycles. The number of aryl methyl sites for hydroxylation is 3. The molecule has 1 unspecified atom stereocenters. The van der Waals surface area contributed by atoms with Crippen LogP contribution in [0.2, 0.25) is 0 Å². The highest BCUT2D eigenvalue weighted by molar-refractivity contribution is 7.62. The molecule has 2 N–H and O–H groups in total. The van der Waals surface area contributed by atoms with Crippen LogP contribution in [-0.4, -0.2) is 22.2 Å². The Morgan fingerprint density at radius 3 is 2.23 bits per heavy atom. The van der Waals surface area contributed by atoms with Crippen molar-refractivity contribution in [2.24, 2.45) is 0 Å². The summed E-state index contributed by atoms with van der Waals surface area (Å²) in [5, 5.41) is 0. The Hall–Kier alpha value is -1.41. The lowest BCUT2D eigenvalue weighted by Gasteiger charge is -2.16. The summed E-state index contributed by atoms with van der Waals surface area (Å²) in [7, 11) is -2.99. The Balaban J connectivity index is 2.26. The van der Waals surface area contributed by atoms with E-state index in [2.05, 4.69) is 46.1 Å². The Kier molecular flexibility index (Phi) is 6.85. The molecule has 0 spiro atoms. The van der Waals surface area contributed by atoms with Gasteiger partial charge in [0.2, 0.25) is 0 Å². The van der Waals surface area contributed by atoms with Crippen LogP contribution < -0.4 is 0 Å². The summed E-state index contributed by atoms with van der Waals surface area (Å²) in [5.41, 5.74) is 6.61. The van der Waals surface area contributed by atoms with Gasteiger partial charge in [0, 0.05) is 6.16 Å². The number of halogens is 1. The molecule has 1 atom stereocenters. The normalized spacial score (nSPS) is 13.0. The first-order chi connectivity index (χ1) is 12.1. The van der Waals surface area contributed by atoms with Crippen molar-refractivity contribution < 1.29 is 14.2 Å². The maximum atomic E-state index is 14.1. The fourth-order valence-corrected chi connectivity index (χ4v) is 3.94. The van der Waals surface area contributed by atoms with Crippen molar-refractivity contribution in [3.63, 3.8) is 0 Å². The molecule has 4 heteroatoms. The average molecular weight is 376 g/mol. The molecule has 142 valence electrons. The van der Waals surface area contributed by atoms with Crippen LogP contribution in [0, 0.1) is 19.7 Å². The summed E-state index contributed by atoms with van der Waals surface area (Å²) in [6.45, 7) is 8.29. The molecule has 2 aromatic carbocycles. The van der Waals surface area contributed by atoms with E-state index in [4.69, 9.17) is 0 Å². The lowest BCUT2D eigenvalue weighted by molar-refractivity contribution is 0.476. The fraction of sp³-hybridized carbons (Fsp3) is 0.409. The maximum Gasteiger partial charge on any atom is 0.126 e. The summed E-state index contributed by atoms with van der Waals surface area (Å²) >= 11 is 0. The van der Waals surface area contributed by atoms with Crippen molar-refractivity contribution in [3.05, 3.63) is 69.5 Å². The molecule has 0 saturated heterocycles. The molecule has 0 bridgehead atoms. The molecule has 0 heterocycles. The SMILES string of the molecule is C=P(O)(O)CCc1cc(C)c(Cc2ccc(F)c(C(C)CC)c2)c(C)c1. The van der Waals surface area contributed by atoms with Gasteiger partial charge in [0.15, 0.2) is 0 Å². The van der Waals surface area contributed by atoms with Crippen LogP contribution in [0.1, 0.15) is 59.6 Å². The largest absolute Gasteiger partial charge is 0.353 e. The Morgan fingerprint density at radius 2 is 1.69 bits per heavy atom. The van der Waals surface area contributed by atoms with Gasteiger partial charge in [0.05, 0.1) is 0 Å². The van der Waals surface area contributed by atoms with Gasteiger partial charge < -0.3 is 9.79 Å². The second-order valence-corrected chi connectivity index (χ2v) is 9.61. The van der Waals surface area contributed by atoms with Crippen LogP contribution in [0.3, 0.4) is 0 Å². The van der Waals surface area contributed by atoms with Crippen LogP contribution in [0.25, 0.3) is 0 Å². The molecule has 26 heavy (non-hydrogen) atoms. The van der Waals surface area contributed by atoms with Gasteiger partial charge in [0.25, 0.3) is 0 Å². The lowest BCUT2D eigenvalue weighted by atomic mass is 9.90. The predicted molar refractivity (Wildman–Crippen MR) is 111 cm³/mol. The average Bonchev–Trinajstić information content (AvgIpc) is 2.56. The third-order valence-electron chi connectivity index (χ3n) is 5.10. The third-order valence-corrected chi connectivity index (χ3v) is 6.04. The molecule has 2 rings (SSSR count). The first-order valence-electron chi connectivity index (χ1n) is 9.16. The molecule has 0 aliphatic rings. The minimum Gasteiger partial charge on any atom is -0.353 e. The quantitative estimate of drug-likeness (QED) is 0.639. The number of benzene rings is 2. The van der Waals surface area contributed by atoms with Gasteiger partial charge in [-0.15, -0.1) is 0 Å². The smallest absolute Gasteiger partial charge is 0.126 e. The summed E-state index contributed by atoms with van der Waals surface area (Å²) in [6.07, 6.45) is 6.04. The van der Waals surface area contributed by atoms with Crippen LogP contribution in [-0.2, 0) is 12.8 Å². The standard InChI is InChI=1S/C22H30FO2P/c1-6-15(2)21-14-18(7-8-22(21)23)13-20-16(3)11-19(12-17(20)4)9-10-26(5,24)25/h7-8,11-12,14-15,24-25H,5-6,9-10,13H2,1-4H3. The van der Waals surface area contributed by atoms with E-state index in [1.165, 1.54) is 16.7 Å². The Labute approximate surface area is 156 Å². The first kappa shape index (κ1) is 20.9. The van der Waals surface area contributed by atoms with Crippen molar-refractivity contribution in [3.8, 4) is 0 Å². The maximum absolute atomic E-state index is 14.1. The molecule has 0 aliphatic heterocycles. The van der Waals surface area contributed by atoms with Gasteiger partial charge in [-0.25, -0.2) is 4.39 Å². The minimum absolute atomic E-state index is 0.125. The summed E-state index contributed by atoms with van der Waals surface area (Å²) in [6, 6.07) is 9.66. The number of rotatable bonds is 7. The zero-order valence-corrected chi connectivity index (χ0v) is 17.1. The van der Waals surface area contributed by atoms with E-state index in [0.29, 0.717) is 12.6 Å². The summed E-state index contributed by atoms with van der Waals surface area (Å²) in [5.74, 6) is 0.0858. The van der Waals surface area contributed by atoms with E-state index in [1.54, 1.807) is 6.07 Å². The molecule has 0 fully saturated rings. The van der Waals surface area contributed by atoms with Gasteiger partial charge in [-0.2, -0.15) is 0 Å². The molecular formula is C22H30FO2P. The van der Waals surface area contributed by atoms with Crippen LogP contribution in [0.5, 0.6) is 0 Å². The lowest BCUT2D eigenvalue weighted by Crippen LogP contribution is -2.02. The zero-order valence-electron chi connectivity index (χ0n) is 16.2. The van der Waals surface area contributed by atoms with E-state index >= 15 is 0 Å². The Morgan fingerprint density at radius 1 is 1.08 bits per heavy atom. The van der Waals surface area contributed by atoms with E-state index in [9.17, 15) is 14.2 Å². The van der Waals surface area contributed by atoms with E-state index in [0.717, 1.165) is 29.5 Å². The number of hydrogen-bond donors (Lipinski definition) is 2. The highest BCUT2D eigenvalue weighted by atomic mass is 31.2. The zero-order chi connectivity index (χ0) is 19.5. The molecule has 2 nitrogen and oxygen atoms in total.